The van der Waals surface area contributed by atoms with E-state index in [1.807, 2.05) is 12.1 Å². The van der Waals surface area contributed by atoms with E-state index in [1.54, 1.807) is 20.3 Å². The smallest absolute Gasteiger partial charge is 0.309 e. The highest BCUT2D eigenvalue weighted by Crippen LogP contribution is 2.27. The fourth-order valence-corrected chi connectivity index (χ4v) is 3.84. The molecule has 0 radical (unpaired) electrons. The van der Waals surface area contributed by atoms with Gasteiger partial charge in [-0.15, -0.1) is 0 Å². The third kappa shape index (κ3) is 6.91. The topological polar surface area (TPSA) is 94.2 Å². The van der Waals surface area contributed by atoms with E-state index in [0.29, 0.717) is 43.4 Å². The van der Waals surface area contributed by atoms with Gasteiger partial charge in [-0.05, 0) is 49.1 Å². The SMILES string of the molecule is COc1ccc(CCNC(=O)COC(=O)C2CCN(C(=O)c3ccc(F)cc3F)CC2)cc1OC. The van der Waals surface area contributed by atoms with Crippen LogP contribution in [-0.4, -0.2) is 63.1 Å². The number of nitrogens with one attached hydrogen (secondary N) is 1. The maximum absolute atomic E-state index is 13.9. The number of methoxy groups -OCH3 is 2. The minimum atomic E-state index is -0.923. The molecule has 35 heavy (non-hydrogen) atoms. The zero-order valence-corrected chi connectivity index (χ0v) is 19.6. The van der Waals surface area contributed by atoms with Gasteiger partial charge in [-0.3, -0.25) is 14.4 Å². The average Bonchev–Trinajstić information content (AvgIpc) is 2.87. The van der Waals surface area contributed by atoms with Gasteiger partial charge in [0.2, 0.25) is 0 Å². The number of nitrogens with zero attached hydrogens (tertiary/aromatic N) is 1. The van der Waals surface area contributed by atoms with Gasteiger partial charge in [0.1, 0.15) is 11.6 Å². The van der Waals surface area contributed by atoms with Gasteiger partial charge in [0, 0.05) is 25.7 Å². The number of benzene rings is 2. The van der Waals surface area contributed by atoms with E-state index in [0.717, 1.165) is 17.7 Å². The van der Waals surface area contributed by atoms with Crippen LogP contribution in [0.3, 0.4) is 0 Å². The van der Waals surface area contributed by atoms with Crippen LogP contribution in [0, 0.1) is 17.6 Å². The lowest BCUT2D eigenvalue weighted by Crippen LogP contribution is -2.41. The van der Waals surface area contributed by atoms with Crippen molar-refractivity contribution in [3.8, 4) is 11.5 Å². The minimum absolute atomic E-state index is 0.211. The summed E-state index contributed by atoms with van der Waals surface area (Å²) in [6.07, 6.45) is 1.21. The maximum atomic E-state index is 13.9. The van der Waals surface area contributed by atoms with Crippen molar-refractivity contribution in [1.82, 2.24) is 10.2 Å². The number of hydrogen-bond acceptors (Lipinski definition) is 6. The van der Waals surface area contributed by atoms with Crippen molar-refractivity contribution in [3.05, 3.63) is 59.2 Å². The summed E-state index contributed by atoms with van der Waals surface area (Å²) in [7, 11) is 3.10. The second-order valence-electron chi connectivity index (χ2n) is 8.09. The molecule has 2 aromatic carbocycles. The second kappa shape index (κ2) is 12.1. The first kappa shape index (κ1) is 25.9. The number of carbonyl (C=O) groups is 3. The molecule has 3 rings (SSSR count). The zero-order valence-electron chi connectivity index (χ0n) is 19.6. The van der Waals surface area contributed by atoms with E-state index < -0.39 is 41.9 Å². The molecule has 1 heterocycles. The minimum Gasteiger partial charge on any atom is -0.493 e. The molecule has 0 unspecified atom stereocenters. The van der Waals surface area contributed by atoms with Gasteiger partial charge in [0.15, 0.2) is 18.1 Å². The molecule has 1 N–H and O–H groups in total. The Morgan fingerprint density at radius 2 is 1.71 bits per heavy atom. The fourth-order valence-electron chi connectivity index (χ4n) is 3.84. The van der Waals surface area contributed by atoms with Crippen LogP contribution in [-0.2, 0) is 20.7 Å². The molecule has 0 aliphatic carbocycles. The monoisotopic (exact) mass is 490 g/mol. The Balaban J connectivity index is 1.38. The summed E-state index contributed by atoms with van der Waals surface area (Å²) >= 11 is 0. The second-order valence-corrected chi connectivity index (χ2v) is 8.09. The van der Waals surface area contributed by atoms with Crippen molar-refractivity contribution < 1.29 is 37.4 Å². The van der Waals surface area contributed by atoms with E-state index in [9.17, 15) is 23.2 Å². The van der Waals surface area contributed by atoms with Gasteiger partial charge < -0.3 is 24.4 Å². The maximum Gasteiger partial charge on any atom is 0.309 e. The Labute approximate surface area is 202 Å². The number of esters is 1. The summed E-state index contributed by atoms with van der Waals surface area (Å²) in [5.74, 6) is -2.41. The third-order valence-corrected chi connectivity index (χ3v) is 5.81. The number of likely N-dealkylation sites (tertiary alicyclic amines) is 1. The Hall–Kier alpha value is -3.69. The van der Waals surface area contributed by atoms with E-state index in [1.165, 1.54) is 4.90 Å². The molecule has 188 valence electrons. The van der Waals surface area contributed by atoms with Gasteiger partial charge >= 0.3 is 5.97 Å². The van der Waals surface area contributed by atoms with E-state index >= 15 is 0 Å². The molecular weight excluding hydrogens is 462 g/mol. The Kier molecular flexibility index (Phi) is 8.99. The number of piperidine rings is 1. The molecule has 1 aliphatic rings. The van der Waals surface area contributed by atoms with Gasteiger partial charge in [-0.1, -0.05) is 6.07 Å². The molecule has 0 saturated carbocycles. The predicted octanol–water partition coefficient (Wildman–Crippen LogP) is 2.74. The first-order chi connectivity index (χ1) is 16.8. The van der Waals surface area contributed by atoms with Gasteiger partial charge in [0.05, 0.1) is 25.7 Å². The zero-order chi connectivity index (χ0) is 25.4. The summed E-state index contributed by atoms with van der Waals surface area (Å²) in [5.41, 5.74) is 0.735. The average molecular weight is 491 g/mol. The van der Waals surface area contributed by atoms with Gasteiger partial charge in [-0.25, -0.2) is 8.78 Å². The Morgan fingerprint density at radius 1 is 1.00 bits per heavy atom. The summed E-state index contributed by atoms with van der Waals surface area (Å²) < 4.78 is 42.5. The van der Waals surface area contributed by atoms with E-state index in [-0.39, 0.29) is 18.7 Å². The molecule has 0 spiro atoms. The standard InChI is InChI=1S/C25H28F2N2O6/c1-33-21-6-3-16(13-22(21)34-2)7-10-28-23(30)15-35-25(32)17-8-11-29(12-9-17)24(31)19-5-4-18(26)14-20(19)27/h3-6,13-14,17H,7-12,15H2,1-2H3,(H,28,30). The molecule has 0 bridgehead atoms. The number of amides is 2. The number of rotatable bonds is 9. The van der Waals surface area contributed by atoms with Crippen LogP contribution in [0.15, 0.2) is 36.4 Å². The predicted molar refractivity (Wildman–Crippen MR) is 122 cm³/mol. The highest BCUT2D eigenvalue weighted by atomic mass is 19.1. The summed E-state index contributed by atoms with van der Waals surface area (Å²) in [6.45, 7) is 0.414. The summed E-state index contributed by atoms with van der Waals surface area (Å²) in [6, 6.07) is 8.28. The summed E-state index contributed by atoms with van der Waals surface area (Å²) in [5, 5.41) is 2.70. The van der Waals surface area contributed by atoms with Crippen LogP contribution in [0.25, 0.3) is 0 Å². The van der Waals surface area contributed by atoms with Gasteiger partial charge in [0.25, 0.3) is 11.8 Å². The van der Waals surface area contributed by atoms with Crippen LogP contribution in [0.2, 0.25) is 0 Å². The van der Waals surface area contributed by atoms with Crippen molar-refractivity contribution in [2.24, 2.45) is 5.92 Å². The van der Waals surface area contributed by atoms with Crippen LogP contribution in [0.5, 0.6) is 11.5 Å². The molecule has 2 amide bonds. The van der Waals surface area contributed by atoms with E-state index in [2.05, 4.69) is 5.32 Å². The highest BCUT2D eigenvalue weighted by Gasteiger charge is 2.30. The van der Waals surface area contributed by atoms with Crippen LogP contribution in [0.4, 0.5) is 8.78 Å². The molecule has 10 heteroatoms. The molecule has 8 nitrogen and oxygen atoms in total. The van der Waals surface area contributed by atoms with Crippen molar-refractivity contribution in [1.29, 1.82) is 0 Å². The largest absolute Gasteiger partial charge is 0.493 e. The Morgan fingerprint density at radius 3 is 2.37 bits per heavy atom. The molecule has 2 aromatic rings. The Bertz CT molecular complexity index is 1070. The van der Waals surface area contributed by atoms with Crippen molar-refractivity contribution in [2.75, 3.05) is 40.5 Å². The van der Waals surface area contributed by atoms with Crippen LogP contribution in [0.1, 0.15) is 28.8 Å². The normalized spacial score (nSPS) is 13.8. The number of carbonyl (C=O) groups excluding carboxylic acids is 3. The van der Waals surface area contributed by atoms with Crippen molar-refractivity contribution in [2.45, 2.75) is 19.3 Å². The van der Waals surface area contributed by atoms with E-state index in [4.69, 9.17) is 14.2 Å². The first-order valence-corrected chi connectivity index (χ1v) is 11.2. The molecule has 0 aromatic heterocycles. The molecule has 0 atom stereocenters. The third-order valence-electron chi connectivity index (χ3n) is 5.81. The van der Waals surface area contributed by atoms with Crippen molar-refractivity contribution in [3.63, 3.8) is 0 Å². The number of ether oxygens (including phenoxy) is 3. The van der Waals surface area contributed by atoms with Crippen LogP contribution >= 0.6 is 0 Å². The number of hydrogen-bond donors (Lipinski definition) is 1. The van der Waals surface area contributed by atoms with Gasteiger partial charge in [-0.2, -0.15) is 0 Å². The molecule has 1 aliphatic heterocycles. The van der Waals surface area contributed by atoms with Crippen LogP contribution < -0.4 is 14.8 Å². The lowest BCUT2D eigenvalue weighted by molar-refractivity contribution is -0.153. The lowest BCUT2D eigenvalue weighted by Gasteiger charge is -2.31. The summed E-state index contributed by atoms with van der Waals surface area (Å²) in [4.78, 5) is 38.3. The lowest BCUT2D eigenvalue weighted by atomic mass is 9.96. The fraction of sp³-hybridized carbons (Fsp3) is 0.400. The first-order valence-electron chi connectivity index (χ1n) is 11.2. The quantitative estimate of drug-likeness (QED) is 0.544. The molecule has 1 fully saturated rings. The molecule has 1 saturated heterocycles. The molecular formula is C25H28F2N2O6. The van der Waals surface area contributed by atoms with Crippen molar-refractivity contribution >= 4 is 17.8 Å². The highest BCUT2D eigenvalue weighted by molar-refractivity contribution is 5.94. The number of halogens is 2.